The number of aromatic nitrogens is 3. The lowest BCUT2D eigenvalue weighted by atomic mass is 9.96. The summed E-state index contributed by atoms with van der Waals surface area (Å²) in [6.07, 6.45) is 5.15. The molecule has 6 nitrogen and oxygen atoms in total. The van der Waals surface area contributed by atoms with Crippen LogP contribution in [0.25, 0.3) is 0 Å². The number of halogens is 1. The number of allylic oxidation sites excluding steroid dienone is 1. The van der Waals surface area contributed by atoms with Gasteiger partial charge in [-0.25, -0.2) is 0 Å². The second-order valence-electron chi connectivity index (χ2n) is 5.60. The van der Waals surface area contributed by atoms with Crippen LogP contribution in [0.1, 0.15) is 45.9 Å². The van der Waals surface area contributed by atoms with E-state index in [2.05, 4.69) is 40.4 Å². The van der Waals surface area contributed by atoms with E-state index in [4.69, 9.17) is 9.47 Å². The first-order valence-electron chi connectivity index (χ1n) is 8.13. The Balaban J connectivity index is 2.75. The van der Waals surface area contributed by atoms with Gasteiger partial charge in [0, 0.05) is 6.42 Å². The monoisotopic (exact) mass is 328 g/mol. The van der Waals surface area contributed by atoms with Gasteiger partial charge in [0.2, 0.25) is 0 Å². The Morgan fingerprint density at radius 3 is 2.70 bits per heavy atom. The fourth-order valence-corrected chi connectivity index (χ4v) is 2.29. The molecule has 0 aliphatic carbocycles. The zero-order valence-electron chi connectivity index (χ0n) is 14.6. The van der Waals surface area contributed by atoms with Crippen LogP contribution >= 0.6 is 0 Å². The fourth-order valence-electron chi connectivity index (χ4n) is 2.29. The third kappa shape index (κ3) is 7.09. The van der Waals surface area contributed by atoms with Gasteiger partial charge >= 0.3 is 6.01 Å². The first-order valence-corrected chi connectivity index (χ1v) is 8.13. The number of hydrogen-bond acceptors (Lipinski definition) is 5. The van der Waals surface area contributed by atoms with E-state index in [1.54, 1.807) is 0 Å². The van der Waals surface area contributed by atoms with Gasteiger partial charge in [-0.15, -0.1) is 5.10 Å². The van der Waals surface area contributed by atoms with Crippen LogP contribution in [0.2, 0.25) is 0 Å². The Kier molecular flexibility index (Phi) is 8.79. The van der Waals surface area contributed by atoms with Crippen LogP contribution in [-0.2, 0) is 11.2 Å². The summed E-state index contributed by atoms with van der Waals surface area (Å²) >= 11 is 0. The SMILES string of the molecule is CCC(=CC(C)(Cc1nc(OC)n[nH]1)OCNCCCF)CC. The Morgan fingerprint density at radius 1 is 1.39 bits per heavy atom. The van der Waals surface area contributed by atoms with Crippen molar-refractivity contribution >= 4 is 0 Å². The van der Waals surface area contributed by atoms with Crippen molar-refractivity contribution in [3.8, 4) is 6.01 Å². The molecule has 1 unspecified atom stereocenters. The summed E-state index contributed by atoms with van der Waals surface area (Å²) in [5, 5.41) is 9.93. The maximum absolute atomic E-state index is 12.1. The van der Waals surface area contributed by atoms with Gasteiger partial charge in [-0.2, -0.15) is 4.98 Å². The van der Waals surface area contributed by atoms with Crippen LogP contribution in [0.15, 0.2) is 11.6 Å². The molecule has 132 valence electrons. The number of nitrogens with zero attached hydrogens (tertiary/aromatic N) is 2. The van der Waals surface area contributed by atoms with Crippen molar-refractivity contribution in [2.24, 2.45) is 0 Å². The van der Waals surface area contributed by atoms with Crippen LogP contribution < -0.4 is 10.1 Å². The summed E-state index contributed by atoms with van der Waals surface area (Å²) in [7, 11) is 1.53. The molecule has 0 spiro atoms. The molecular formula is C16H29FN4O2. The summed E-state index contributed by atoms with van der Waals surface area (Å²) in [6.45, 7) is 6.92. The highest BCUT2D eigenvalue weighted by molar-refractivity contribution is 5.13. The zero-order chi connectivity index (χ0) is 17.1. The lowest BCUT2D eigenvalue weighted by molar-refractivity contribution is -0.00675. The minimum absolute atomic E-state index is 0.318. The predicted molar refractivity (Wildman–Crippen MR) is 88.3 cm³/mol. The van der Waals surface area contributed by atoms with Crippen LogP contribution in [0.4, 0.5) is 4.39 Å². The van der Waals surface area contributed by atoms with Crippen molar-refractivity contribution in [3.63, 3.8) is 0 Å². The van der Waals surface area contributed by atoms with Crippen LogP contribution in [0.5, 0.6) is 6.01 Å². The molecule has 0 saturated heterocycles. The molecule has 23 heavy (non-hydrogen) atoms. The lowest BCUT2D eigenvalue weighted by Gasteiger charge is -2.27. The smallest absolute Gasteiger partial charge is 0.335 e. The maximum atomic E-state index is 12.1. The highest BCUT2D eigenvalue weighted by atomic mass is 19.1. The summed E-state index contributed by atoms with van der Waals surface area (Å²) in [4.78, 5) is 4.26. The van der Waals surface area contributed by atoms with Crippen molar-refractivity contribution in [1.29, 1.82) is 0 Å². The first kappa shape index (κ1) is 19.6. The average Bonchev–Trinajstić information content (AvgIpc) is 2.99. The normalized spacial score (nSPS) is 13.6. The third-order valence-corrected chi connectivity index (χ3v) is 3.62. The van der Waals surface area contributed by atoms with E-state index in [1.807, 2.05) is 6.92 Å². The summed E-state index contributed by atoms with van der Waals surface area (Å²) < 4.78 is 23.1. The molecule has 1 aromatic rings. The molecule has 2 N–H and O–H groups in total. The molecule has 0 amide bonds. The van der Waals surface area contributed by atoms with E-state index in [0.717, 1.165) is 12.8 Å². The van der Waals surface area contributed by atoms with E-state index in [1.165, 1.54) is 12.7 Å². The van der Waals surface area contributed by atoms with Gasteiger partial charge < -0.3 is 9.47 Å². The molecular weight excluding hydrogens is 299 g/mol. The fraction of sp³-hybridized carbons (Fsp3) is 0.750. The summed E-state index contributed by atoms with van der Waals surface area (Å²) in [5.74, 6) is 0.705. The molecule has 0 fully saturated rings. The topological polar surface area (TPSA) is 72.1 Å². The molecule has 0 aliphatic heterocycles. The van der Waals surface area contributed by atoms with E-state index >= 15 is 0 Å². The highest BCUT2D eigenvalue weighted by Crippen LogP contribution is 2.22. The number of rotatable bonds is 12. The molecule has 0 radical (unpaired) electrons. The number of H-pyrrole nitrogens is 1. The second kappa shape index (κ2) is 10.3. The van der Waals surface area contributed by atoms with E-state index in [9.17, 15) is 4.39 Å². The van der Waals surface area contributed by atoms with Crippen LogP contribution in [0.3, 0.4) is 0 Å². The number of ether oxygens (including phenoxy) is 2. The molecule has 1 atom stereocenters. The summed E-state index contributed by atoms with van der Waals surface area (Å²) in [5.41, 5.74) is 0.803. The number of hydrogen-bond donors (Lipinski definition) is 2. The largest absolute Gasteiger partial charge is 0.466 e. The molecule has 0 bridgehead atoms. The highest BCUT2D eigenvalue weighted by Gasteiger charge is 2.25. The van der Waals surface area contributed by atoms with Gasteiger partial charge in [0.1, 0.15) is 5.82 Å². The zero-order valence-corrected chi connectivity index (χ0v) is 14.6. The number of nitrogens with one attached hydrogen (secondary N) is 2. The first-order chi connectivity index (χ1) is 11.1. The van der Waals surface area contributed by atoms with Crippen molar-refractivity contribution in [2.45, 2.75) is 52.1 Å². The molecule has 1 rings (SSSR count). The van der Waals surface area contributed by atoms with Crippen molar-refractivity contribution in [1.82, 2.24) is 20.5 Å². The number of aromatic amines is 1. The van der Waals surface area contributed by atoms with Crippen molar-refractivity contribution in [3.05, 3.63) is 17.5 Å². The maximum Gasteiger partial charge on any atom is 0.335 e. The van der Waals surface area contributed by atoms with Gasteiger partial charge in [-0.1, -0.05) is 25.5 Å². The molecule has 0 aliphatic rings. The minimum atomic E-state index is -0.519. The van der Waals surface area contributed by atoms with Crippen molar-refractivity contribution in [2.75, 3.05) is 27.1 Å². The van der Waals surface area contributed by atoms with Gasteiger partial charge in [-0.3, -0.25) is 14.8 Å². The molecule has 0 aromatic carbocycles. The van der Waals surface area contributed by atoms with E-state index < -0.39 is 5.60 Å². The summed E-state index contributed by atoms with van der Waals surface area (Å²) in [6, 6.07) is 0.318. The number of methoxy groups -OCH3 is 1. The molecule has 1 heterocycles. The molecule has 1 aromatic heterocycles. The second-order valence-corrected chi connectivity index (χ2v) is 5.60. The van der Waals surface area contributed by atoms with Gasteiger partial charge in [0.05, 0.1) is 26.1 Å². The van der Waals surface area contributed by atoms with Crippen LogP contribution in [0, 0.1) is 0 Å². The quantitative estimate of drug-likeness (QED) is 0.351. The third-order valence-electron chi connectivity index (χ3n) is 3.62. The van der Waals surface area contributed by atoms with E-state index in [-0.39, 0.29) is 6.67 Å². The Bertz CT molecular complexity index is 472. The van der Waals surface area contributed by atoms with Crippen LogP contribution in [-0.4, -0.2) is 47.8 Å². The Labute approximate surface area is 137 Å². The number of alkyl halides is 1. The standard InChI is InChI=1S/C16H29FN4O2/c1-5-13(6-2)10-16(3,23-12-18-9-7-8-17)11-14-19-15(22-4)21-20-14/h10,18H,5-9,11-12H2,1-4H3,(H,19,20,21). The Hall–Kier alpha value is -1.47. The lowest BCUT2D eigenvalue weighted by Crippen LogP contribution is -2.35. The molecule has 7 heteroatoms. The van der Waals surface area contributed by atoms with Crippen molar-refractivity contribution < 1.29 is 13.9 Å². The van der Waals surface area contributed by atoms with Gasteiger partial charge in [-0.05, 0) is 32.7 Å². The predicted octanol–water partition coefficient (Wildman–Crippen LogP) is 2.78. The van der Waals surface area contributed by atoms with E-state index in [0.29, 0.717) is 38.0 Å². The Morgan fingerprint density at radius 2 is 2.13 bits per heavy atom. The van der Waals surface area contributed by atoms with Gasteiger partial charge in [0.25, 0.3) is 0 Å². The van der Waals surface area contributed by atoms with Gasteiger partial charge in [0.15, 0.2) is 0 Å². The minimum Gasteiger partial charge on any atom is -0.466 e. The average molecular weight is 328 g/mol. The molecule has 0 saturated carbocycles.